The standard InChI is InChI=1S/C17H16N2O2/c1-11(2)13-5-3-4-6-15(13)19-10-18-14-9-12(17(20)21)7-8-16(14)19/h3-11H,1-2H3,(H,20,21). The topological polar surface area (TPSA) is 55.1 Å². The fourth-order valence-corrected chi connectivity index (χ4v) is 2.53. The summed E-state index contributed by atoms with van der Waals surface area (Å²) < 4.78 is 2.01. The van der Waals surface area contributed by atoms with Crippen LogP contribution in [0.4, 0.5) is 0 Å². The first-order valence-electron chi connectivity index (χ1n) is 6.87. The van der Waals surface area contributed by atoms with Gasteiger partial charge in [-0.2, -0.15) is 0 Å². The van der Waals surface area contributed by atoms with Gasteiger partial charge in [-0.3, -0.25) is 4.57 Å². The summed E-state index contributed by atoms with van der Waals surface area (Å²) in [6.45, 7) is 4.31. The first kappa shape index (κ1) is 13.4. The molecule has 1 heterocycles. The monoisotopic (exact) mass is 280 g/mol. The quantitative estimate of drug-likeness (QED) is 0.793. The second-order valence-corrected chi connectivity index (χ2v) is 5.34. The number of carbonyl (C=O) groups is 1. The van der Waals surface area contributed by atoms with Crippen LogP contribution in [0, 0.1) is 0 Å². The molecule has 0 radical (unpaired) electrons. The van der Waals surface area contributed by atoms with Crippen LogP contribution >= 0.6 is 0 Å². The highest BCUT2D eigenvalue weighted by Gasteiger charge is 2.12. The van der Waals surface area contributed by atoms with Crippen LogP contribution in [0.3, 0.4) is 0 Å². The predicted molar refractivity (Wildman–Crippen MR) is 82.1 cm³/mol. The Balaban J connectivity index is 2.20. The summed E-state index contributed by atoms with van der Waals surface area (Å²) in [5.41, 5.74) is 4.17. The summed E-state index contributed by atoms with van der Waals surface area (Å²) in [7, 11) is 0. The van der Waals surface area contributed by atoms with E-state index in [0.717, 1.165) is 11.2 Å². The first-order valence-corrected chi connectivity index (χ1v) is 6.87. The summed E-state index contributed by atoms with van der Waals surface area (Å²) in [6, 6.07) is 13.2. The molecule has 0 fully saturated rings. The molecule has 3 aromatic rings. The van der Waals surface area contributed by atoms with Gasteiger partial charge in [-0.1, -0.05) is 32.0 Å². The van der Waals surface area contributed by atoms with Gasteiger partial charge in [0.2, 0.25) is 0 Å². The highest BCUT2D eigenvalue weighted by Crippen LogP contribution is 2.26. The van der Waals surface area contributed by atoms with Crippen molar-refractivity contribution in [3.05, 3.63) is 59.9 Å². The van der Waals surface area contributed by atoms with Crippen molar-refractivity contribution in [2.45, 2.75) is 19.8 Å². The number of hydrogen-bond acceptors (Lipinski definition) is 2. The van der Waals surface area contributed by atoms with Crippen molar-refractivity contribution in [2.75, 3.05) is 0 Å². The van der Waals surface area contributed by atoms with Crippen molar-refractivity contribution in [1.82, 2.24) is 9.55 Å². The third-order valence-electron chi connectivity index (χ3n) is 3.61. The van der Waals surface area contributed by atoms with E-state index in [1.807, 2.05) is 22.8 Å². The number of fused-ring (bicyclic) bond motifs is 1. The van der Waals surface area contributed by atoms with Crippen molar-refractivity contribution in [1.29, 1.82) is 0 Å². The molecule has 0 amide bonds. The molecule has 4 nitrogen and oxygen atoms in total. The maximum atomic E-state index is 11.0. The number of rotatable bonds is 3. The molecular formula is C17H16N2O2. The third kappa shape index (κ3) is 2.29. The highest BCUT2D eigenvalue weighted by atomic mass is 16.4. The summed E-state index contributed by atoms with van der Waals surface area (Å²) in [5, 5.41) is 9.05. The van der Waals surface area contributed by atoms with Crippen molar-refractivity contribution in [3.8, 4) is 5.69 Å². The van der Waals surface area contributed by atoms with E-state index in [2.05, 4.69) is 31.0 Å². The number of aromatic nitrogens is 2. The zero-order chi connectivity index (χ0) is 15.0. The summed E-state index contributed by atoms with van der Waals surface area (Å²) in [4.78, 5) is 15.4. The molecule has 0 aliphatic heterocycles. The molecule has 0 atom stereocenters. The van der Waals surface area contributed by atoms with Crippen LogP contribution in [-0.4, -0.2) is 20.6 Å². The van der Waals surface area contributed by atoms with E-state index < -0.39 is 5.97 Å². The van der Waals surface area contributed by atoms with Gasteiger partial charge in [0.1, 0.15) is 6.33 Å². The van der Waals surface area contributed by atoms with Crippen LogP contribution < -0.4 is 0 Å². The predicted octanol–water partition coefficient (Wildman–Crippen LogP) is 3.85. The van der Waals surface area contributed by atoms with Gasteiger partial charge in [-0.05, 0) is 35.7 Å². The number of aromatic carboxylic acids is 1. The minimum absolute atomic E-state index is 0.255. The normalized spacial score (nSPS) is 11.2. The summed E-state index contributed by atoms with van der Waals surface area (Å²) >= 11 is 0. The van der Waals surface area contributed by atoms with E-state index in [-0.39, 0.29) is 5.56 Å². The first-order chi connectivity index (χ1) is 10.1. The van der Waals surface area contributed by atoms with Crippen LogP contribution in [0.25, 0.3) is 16.7 Å². The van der Waals surface area contributed by atoms with Crippen molar-refractivity contribution in [2.24, 2.45) is 0 Å². The lowest BCUT2D eigenvalue weighted by Gasteiger charge is -2.13. The van der Waals surface area contributed by atoms with Crippen molar-refractivity contribution < 1.29 is 9.90 Å². The highest BCUT2D eigenvalue weighted by molar-refractivity contribution is 5.92. The number of nitrogens with zero attached hydrogens (tertiary/aromatic N) is 2. The van der Waals surface area contributed by atoms with E-state index >= 15 is 0 Å². The van der Waals surface area contributed by atoms with Crippen LogP contribution in [0.2, 0.25) is 0 Å². The summed E-state index contributed by atoms with van der Waals surface area (Å²) in [6.07, 6.45) is 1.75. The lowest BCUT2D eigenvalue weighted by molar-refractivity contribution is 0.0697. The van der Waals surface area contributed by atoms with Gasteiger partial charge in [-0.15, -0.1) is 0 Å². The molecule has 21 heavy (non-hydrogen) atoms. The molecule has 1 N–H and O–H groups in total. The lowest BCUT2D eigenvalue weighted by Crippen LogP contribution is -2.00. The number of imidazole rings is 1. The van der Waals surface area contributed by atoms with Gasteiger partial charge in [0.05, 0.1) is 22.3 Å². The molecular weight excluding hydrogens is 264 g/mol. The van der Waals surface area contributed by atoms with E-state index in [1.165, 1.54) is 5.56 Å². The molecule has 3 rings (SSSR count). The third-order valence-corrected chi connectivity index (χ3v) is 3.61. The van der Waals surface area contributed by atoms with Crippen LogP contribution in [-0.2, 0) is 0 Å². The molecule has 2 aromatic carbocycles. The molecule has 0 bridgehead atoms. The Bertz CT molecular complexity index is 819. The van der Waals surface area contributed by atoms with Crippen LogP contribution in [0.5, 0.6) is 0 Å². The minimum Gasteiger partial charge on any atom is -0.478 e. The van der Waals surface area contributed by atoms with Gasteiger partial charge in [-0.25, -0.2) is 9.78 Å². The Kier molecular flexibility index (Phi) is 3.22. The molecule has 106 valence electrons. The Morgan fingerprint density at radius 1 is 1.19 bits per heavy atom. The Morgan fingerprint density at radius 2 is 1.95 bits per heavy atom. The van der Waals surface area contributed by atoms with E-state index in [4.69, 9.17) is 5.11 Å². The molecule has 0 saturated carbocycles. The van der Waals surface area contributed by atoms with Crippen molar-refractivity contribution >= 4 is 17.0 Å². The molecule has 0 unspecified atom stereocenters. The fraction of sp³-hybridized carbons (Fsp3) is 0.176. The molecule has 0 aliphatic carbocycles. The van der Waals surface area contributed by atoms with Crippen LogP contribution in [0.1, 0.15) is 35.7 Å². The Labute approximate surface area is 122 Å². The van der Waals surface area contributed by atoms with Gasteiger partial charge in [0.25, 0.3) is 0 Å². The fourth-order valence-electron chi connectivity index (χ4n) is 2.53. The number of carboxylic acids is 1. The minimum atomic E-state index is -0.936. The average molecular weight is 280 g/mol. The SMILES string of the molecule is CC(C)c1ccccc1-n1cnc2cc(C(=O)O)ccc21. The van der Waals surface area contributed by atoms with E-state index in [0.29, 0.717) is 11.4 Å². The zero-order valence-electron chi connectivity index (χ0n) is 11.9. The van der Waals surface area contributed by atoms with Gasteiger partial charge in [0, 0.05) is 0 Å². The molecule has 4 heteroatoms. The molecule has 1 aromatic heterocycles. The van der Waals surface area contributed by atoms with E-state index in [9.17, 15) is 4.79 Å². The summed E-state index contributed by atoms with van der Waals surface area (Å²) in [5.74, 6) is -0.536. The number of carboxylic acid groups (broad SMARTS) is 1. The van der Waals surface area contributed by atoms with Crippen molar-refractivity contribution in [3.63, 3.8) is 0 Å². The Hall–Kier alpha value is -2.62. The number of hydrogen-bond donors (Lipinski definition) is 1. The lowest BCUT2D eigenvalue weighted by atomic mass is 10.0. The van der Waals surface area contributed by atoms with Gasteiger partial charge < -0.3 is 5.11 Å². The Morgan fingerprint density at radius 3 is 2.67 bits per heavy atom. The molecule has 0 spiro atoms. The maximum Gasteiger partial charge on any atom is 0.335 e. The largest absolute Gasteiger partial charge is 0.478 e. The second kappa shape index (κ2) is 5.05. The zero-order valence-corrected chi connectivity index (χ0v) is 11.9. The average Bonchev–Trinajstić information content (AvgIpc) is 2.89. The van der Waals surface area contributed by atoms with Gasteiger partial charge in [0.15, 0.2) is 0 Å². The smallest absolute Gasteiger partial charge is 0.335 e. The second-order valence-electron chi connectivity index (χ2n) is 5.34. The molecule has 0 aliphatic rings. The number of benzene rings is 2. The van der Waals surface area contributed by atoms with E-state index in [1.54, 1.807) is 18.5 Å². The molecule has 0 saturated heterocycles. The number of para-hydroxylation sites is 1. The van der Waals surface area contributed by atoms with Gasteiger partial charge >= 0.3 is 5.97 Å². The van der Waals surface area contributed by atoms with Crippen LogP contribution in [0.15, 0.2) is 48.8 Å². The maximum absolute atomic E-state index is 11.0.